The molecule has 1 aromatic rings. The molecular weight excluding hydrogens is 299 g/mol. The Morgan fingerprint density at radius 2 is 2.05 bits per heavy atom. The van der Waals surface area contributed by atoms with Crippen LogP contribution >= 0.6 is 0 Å². The zero-order chi connectivity index (χ0) is 16.8. The van der Waals surface area contributed by atoms with Gasteiger partial charge >= 0.3 is 6.18 Å². The quantitative estimate of drug-likeness (QED) is 0.247. The van der Waals surface area contributed by atoms with Gasteiger partial charge < -0.3 is 16.3 Å². The van der Waals surface area contributed by atoms with Crippen LogP contribution in [0.1, 0.15) is 43.7 Å². The maximum absolute atomic E-state index is 13.0. The van der Waals surface area contributed by atoms with Crippen molar-refractivity contribution in [2.24, 2.45) is 10.9 Å². The van der Waals surface area contributed by atoms with E-state index < -0.39 is 23.1 Å². The number of alkyl halides is 3. The fraction of sp³-hybridized carbons (Fsp3) is 0.429. The fourth-order valence-electron chi connectivity index (χ4n) is 1.89. The number of nitrogens with two attached hydrogens (primary N) is 1. The lowest BCUT2D eigenvalue weighted by molar-refractivity contribution is -0.137. The van der Waals surface area contributed by atoms with Crippen LogP contribution in [0.3, 0.4) is 0 Å². The lowest BCUT2D eigenvalue weighted by Crippen LogP contribution is -2.21. The van der Waals surface area contributed by atoms with Crippen LogP contribution in [0.4, 0.5) is 18.9 Å². The highest BCUT2D eigenvalue weighted by molar-refractivity contribution is 5.99. The Morgan fingerprint density at radius 3 is 2.59 bits per heavy atom. The summed E-state index contributed by atoms with van der Waals surface area (Å²) in [6.45, 7) is 1.99. The fourth-order valence-corrected chi connectivity index (χ4v) is 1.89. The first-order valence-corrected chi connectivity index (χ1v) is 6.78. The van der Waals surface area contributed by atoms with Gasteiger partial charge in [0, 0.05) is 17.7 Å². The molecule has 1 rings (SSSR count). The first-order chi connectivity index (χ1) is 10.3. The minimum Gasteiger partial charge on any atom is -0.409 e. The highest BCUT2D eigenvalue weighted by Crippen LogP contribution is 2.33. The van der Waals surface area contributed by atoms with Crippen molar-refractivity contribution in [3.8, 4) is 0 Å². The zero-order valence-corrected chi connectivity index (χ0v) is 12.1. The summed E-state index contributed by atoms with van der Waals surface area (Å²) < 4.78 is 39.0. The number of anilines is 1. The van der Waals surface area contributed by atoms with Crippen molar-refractivity contribution in [3.63, 3.8) is 0 Å². The Labute approximate surface area is 126 Å². The number of carbonyl (C=O) groups excluding carboxylic acids is 1. The molecule has 0 spiro atoms. The number of nitrogens with zero attached hydrogens (tertiary/aromatic N) is 1. The second kappa shape index (κ2) is 7.67. The van der Waals surface area contributed by atoms with Gasteiger partial charge in [-0.05, 0) is 24.6 Å². The van der Waals surface area contributed by atoms with Crippen molar-refractivity contribution in [1.82, 2.24) is 0 Å². The highest BCUT2D eigenvalue weighted by atomic mass is 19.4. The van der Waals surface area contributed by atoms with E-state index in [0.717, 1.165) is 25.0 Å². The number of oxime groups is 1. The van der Waals surface area contributed by atoms with E-state index >= 15 is 0 Å². The van der Waals surface area contributed by atoms with Gasteiger partial charge in [-0.25, -0.2) is 0 Å². The second-order valence-corrected chi connectivity index (χ2v) is 4.75. The summed E-state index contributed by atoms with van der Waals surface area (Å²) >= 11 is 0. The number of halogens is 3. The average Bonchev–Trinajstić information content (AvgIpc) is 2.45. The van der Waals surface area contributed by atoms with Crippen LogP contribution < -0.4 is 11.1 Å². The normalized spacial score (nSPS) is 12.3. The Hall–Kier alpha value is -2.25. The summed E-state index contributed by atoms with van der Waals surface area (Å²) in [5, 5.41) is 13.5. The summed E-state index contributed by atoms with van der Waals surface area (Å²) in [4.78, 5) is 11.6. The number of benzene rings is 1. The largest absolute Gasteiger partial charge is 0.417 e. The lowest BCUT2D eigenvalue weighted by atomic mass is 10.0. The summed E-state index contributed by atoms with van der Waals surface area (Å²) in [5.74, 6) is -0.994. The topological polar surface area (TPSA) is 87.7 Å². The van der Waals surface area contributed by atoms with Gasteiger partial charge in [0.25, 0.3) is 0 Å². The number of amides is 1. The Bertz CT molecular complexity index is 557. The van der Waals surface area contributed by atoms with Crippen molar-refractivity contribution in [2.45, 2.75) is 38.8 Å². The molecule has 1 aromatic carbocycles. The van der Waals surface area contributed by atoms with Crippen LogP contribution in [0.5, 0.6) is 0 Å². The van der Waals surface area contributed by atoms with Crippen molar-refractivity contribution in [2.75, 3.05) is 5.32 Å². The molecule has 0 aliphatic carbocycles. The van der Waals surface area contributed by atoms with Gasteiger partial charge in [-0.15, -0.1) is 0 Å². The van der Waals surface area contributed by atoms with Crippen LogP contribution in [0.25, 0.3) is 0 Å². The Kier molecular flexibility index (Phi) is 6.21. The van der Waals surface area contributed by atoms with E-state index in [-0.39, 0.29) is 18.0 Å². The number of nitrogens with one attached hydrogen (secondary N) is 1. The number of hydrogen-bond donors (Lipinski definition) is 3. The van der Waals surface area contributed by atoms with Crippen molar-refractivity contribution in [1.29, 1.82) is 0 Å². The second-order valence-electron chi connectivity index (χ2n) is 4.75. The van der Waals surface area contributed by atoms with Crippen LogP contribution in [0.2, 0.25) is 0 Å². The zero-order valence-electron chi connectivity index (χ0n) is 12.1. The van der Waals surface area contributed by atoms with Gasteiger partial charge in [0.15, 0.2) is 5.84 Å². The van der Waals surface area contributed by atoms with Crippen LogP contribution in [-0.4, -0.2) is 17.0 Å². The van der Waals surface area contributed by atoms with Gasteiger partial charge in [-0.2, -0.15) is 13.2 Å². The molecule has 0 saturated carbocycles. The molecule has 22 heavy (non-hydrogen) atoms. The number of unbranched alkanes of at least 4 members (excludes halogenated alkanes) is 2. The minimum absolute atomic E-state index is 0.0170. The molecule has 8 heteroatoms. The average molecular weight is 317 g/mol. The minimum atomic E-state index is -4.69. The number of carbonyl (C=O) groups is 1. The first-order valence-electron chi connectivity index (χ1n) is 6.78. The molecule has 0 aromatic heterocycles. The maximum Gasteiger partial charge on any atom is 0.417 e. The summed E-state index contributed by atoms with van der Waals surface area (Å²) in [7, 11) is 0. The third-order valence-corrected chi connectivity index (χ3v) is 3.00. The molecule has 1 amide bonds. The van der Waals surface area contributed by atoms with Crippen LogP contribution in [0, 0.1) is 0 Å². The molecule has 122 valence electrons. The van der Waals surface area contributed by atoms with Crippen molar-refractivity contribution < 1.29 is 23.2 Å². The summed E-state index contributed by atoms with van der Waals surface area (Å²) in [6, 6.07) is 3.10. The standard InChI is InChI=1S/C14H18F3N3O2/c1-2-3-4-5-12(21)19-9-6-7-10(13(18)20-22)11(8-9)14(15,16)17/h6-8,22H,2-5H2,1H3,(H2,18,20)(H,19,21). The van der Waals surface area contributed by atoms with E-state index in [2.05, 4.69) is 10.5 Å². The van der Waals surface area contributed by atoms with E-state index in [1.165, 1.54) is 6.07 Å². The Balaban J connectivity index is 2.98. The van der Waals surface area contributed by atoms with Gasteiger partial charge in [0.2, 0.25) is 5.91 Å². The third-order valence-electron chi connectivity index (χ3n) is 3.00. The maximum atomic E-state index is 13.0. The summed E-state index contributed by atoms with van der Waals surface area (Å²) in [6.07, 6.45) is -1.94. The highest BCUT2D eigenvalue weighted by Gasteiger charge is 2.34. The predicted molar refractivity (Wildman–Crippen MR) is 76.7 cm³/mol. The molecule has 0 bridgehead atoms. The van der Waals surface area contributed by atoms with Gasteiger partial charge in [-0.1, -0.05) is 24.9 Å². The molecule has 0 aliphatic rings. The monoisotopic (exact) mass is 317 g/mol. The van der Waals surface area contributed by atoms with Gasteiger partial charge in [0.1, 0.15) is 0 Å². The van der Waals surface area contributed by atoms with E-state index in [9.17, 15) is 18.0 Å². The molecule has 0 heterocycles. The SMILES string of the molecule is CCCCCC(=O)Nc1ccc(/C(N)=N/O)c(C(F)(F)F)c1. The van der Waals surface area contributed by atoms with E-state index in [0.29, 0.717) is 6.42 Å². The lowest BCUT2D eigenvalue weighted by Gasteiger charge is -2.14. The first kappa shape index (κ1) is 17.8. The van der Waals surface area contributed by atoms with E-state index in [1.54, 1.807) is 0 Å². The molecule has 0 fully saturated rings. The predicted octanol–water partition coefficient (Wildman–Crippen LogP) is 3.32. The smallest absolute Gasteiger partial charge is 0.409 e. The molecule has 0 unspecified atom stereocenters. The van der Waals surface area contributed by atoms with Gasteiger partial charge in [0.05, 0.1) is 5.56 Å². The van der Waals surface area contributed by atoms with E-state index in [4.69, 9.17) is 10.9 Å². The Morgan fingerprint density at radius 1 is 1.36 bits per heavy atom. The van der Waals surface area contributed by atoms with Gasteiger partial charge in [-0.3, -0.25) is 4.79 Å². The molecule has 0 saturated heterocycles. The third kappa shape index (κ3) is 4.94. The summed E-state index contributed by atoms with van der Waals surface area (Å²) in [5.41, 5.74) is 3.73. The van der Waals surface area contributed by atoms with Crippen molar-refractivity contribution >= 4 is 17.4 Å². The molecule has 4 N–H and O–H groups in total. The number of hydrogen-bond acceptors (Lipinski definition) is 3. The number of rotatable bonds is 6. The molecule has 5 nitrogen and oxygen atoms in total. The van der Waals surface area contributed by atoms with E-state index in [1.807, 2.05) is 6.92 Å². The molecular formula is C14H18F3N3O2. The molecule has 0 aliphatic heterocycles. The number of amidine groups is 1. The van der Waals surface area contributed by atoms with Crippen LogP contribution in [0.15, 0.2) is 23.4 Å². The van der Waals surface area contributed by atoms with Crippen LogP contribution in [-0.2, 0) is 11.0 Å². The van der Waals surface area contributed by atoms with Crippen molar-refractivity contribution in [3.05, 3.63) is 29.3 Å². The molecule has 0 radical (unpaired) electrons. The molecule has 0 atom stereocenters.